The van der Waals surface area contributed by atoms with Crippen molar-refractivity contribution in [2.75, 3.05) is 13.2 Å². The van der Waals surface area contributed by atoms with Gasteiger partial charge in [-0.3, -0.25) is 4.79 Å². The Kier molecular flexibility index (Phi) is 6.49. The van der Waals surface area contributed by atoms with Crippen LogP contribution < -0.4 is 16.2 Å². The maximum atomic E-state index is 12.8. The minimum absolute atomic E-state index is 0. The van der Waals surface area contributed by atoms with E-state index in [1.54, 1.807) is 6.07 Å². The highest BCUT2D eigenvalue weighted by Gasteiger charge is 2.17. The van der Waals surface area contributed by atoms with Gasteiger partial charge >= 0.3 is 5.69 Å². The quantitative estimate of drug-likeness (QED) is 0.671. The molecule has 2 aromatic carbocycles. The van der Waals surface area contributed by atoms with E-state index in [4.69, 9.17) is 10.5 Å². The molecule has 0 bridgehead atoms. The lowest BCUT2D eigenvalue weighted by atomic mass is 9.98. The van der Waals surface area contributed by atoms with Crippen LogP contribution in [0.5, 0.6) is 5.75 Å². The summed E-state index contributed by atoms with van der Waals surface area (Å²) in [5, 5.41) is 4.05. The summed E-state index contributed by atoms with van der Waals surface area (Å²) in [6, 6.07) is 13.1. The van der Waals surface area contributed by atoms with E-state index in [0.29, 0.717) is 18.4 Å². The average Bonchev–Trinajstić information content (AvgIpc) is 3.11. The van der Waals surface area contributed by atoms with Gasteiger partial charge in [-0.25, -0.2) is 18.4 Å². The van der Waals surface area contributed by atoms with Gasteiger partial charge in [0.1, 0.15) is 18.7 Å². The number of ketones is 1. The van der Waals surface area contributed by atoms with Crippen LogP contribution in [0, 0.1) is 0 Å². The van der Waals surface area contributed by atoms with Crippen molar-refractivity contribution in [3.05, 3.63) is 76.7 Å². The number of hydrogen-bond donors (Lipinski definition) is 1. The topological polar surface area (TPSA) is 92.1 Å². The van der Waals surface area contributed by atoms with Crippen LogP contribution >= 0.6 is 12.4 Å². The van der Waals surface area contributed by atoms with Crippen LogP contribution in [0.4, 0.5) is 4.39 Å². The van der Waals surface area contributed by atoms with Gasteiger partial charge in [0.15, 0.2) is 5.78 Å². The van der Waals surface area contributed by atoms with E-state index < -0.39 is 0 Å². The lowest BCUT2D eigenvalue weighted by molar-refractivity contribution is -0.121. The van der Waals surface area contributed by atoms with Crippen LogP contribution in [0.3, 0.4) is 0 Å². The second kappa shape index (κ2) is 9.06. The van der Waals surface area contributed by atoms with Crippen LogP contribution in [-0.2, 0) is 17.8 Å². The third-order valence-corrected chi connectivity index (χ3v) is 4.80. The fourth-order valence-electron chi connectivity index (χ4n) is 3.25. The van der Waals surface area contributed by atoms with Gasteiger partial charge in [0.25, 0.3) is 0 Å². The summed E-state index contributed by atoms with van der Waals surface area (Å²) in [6.07, 6.45) is 2.14. The Morgan fingerprint density at radius 1 is 1.20 bits per heavy atom. The van der Waals surface area contributed by atoms with Gasteiger partial charge in [0.2, 0.25) is 0 Å². The van der Waals surface area contributed by atoms with Crippen LogP contribution in [-0.4, -0.2) is 33.3 Å². The number of halogens is 2. The molecule has 0 aliphatic carbocycles. The number of aromatic nitrogens is 3. The summed E-state index contributed by atoms with van der Waals surface area (Å²) in [5.41, 5.74) is 8.61. The van der Waals surface area contributed by atoms with Crippen molar-refractivity contribution in [1.29, 1.82) is 0 Å². The lowest BCUT2D eigenvalue weighted by Gasteiger charge is -2.17. The highest BCUT2D eigenvalue weighted by molar-refractivity contribution is 5.85. The summed E-state index contributed by atoms with van der Waals surface area (Å²) in [5.74, 6) is 0.764. The Bertz CT molecular complexity index is 1170. The zero-order chi connectivity index (χ0) is 20.4. The number of rotatable bonds is 5. The number of Topliss-reactive ketones (excluding diaryl/α,β-unsaturated/α-hetero) is 1. The number of ether oxygens (including phenoxy) is 1. The molecule has 1 aromatic heterocycles. The Morgan fingerprint density at radius 2 is 2.00 bits per heavy atom. The highest BCUT2D eigenvalue weighted by Crippen LogP contribution is 2.30. The monoisotopic (exact) mass is 430 g/mol. The molecule has 0 saturated heterocycles. The molecule has 0 spiro atoms. The summed E-state index contributed by atoms with van der Waals surface area (Å²) in [7, 11) is 0. The Hall–Kier alpha value is -3.23. The van der Waals surface area contributed by atoms with Gasteiger partial charge in [0, 0.05) is 18.5 Å². The standard InChI is InChI=1S/C21H19FN4O3.ClH/c22-9-14(10-23)11-26-21(28)25(13-24-26)18-3-1-2-15(7-18)16-4-5-20-17(6-16)8-19(27)12-29-20;/h1-7,9,13H,8,10-12,23H2;1H/b14-9+;. The summed E-state index contributed by atoms with van der Waals surface area (Å²) in [4.78, 5) is 24.3. The highest BCUT2D eigenvalue weighted by atomic mass is 35.5. The first-order valence-electron chi connectivity index (χ1n) is 9.10. The second-order valence-corrected chi connectivity index (χ2v) is 6.79. The van der Waals surface area contributed by atoms with E-state index in [1.807, 2.05) is 36.4 Å². The zero-order valence-corrected chi connectivity index (χ0v) is 16.8. The normalized spacial score (nSPS) is 13.4. The predicted octanol–water partition coefficient (Wildman–Crippen LogP) is 2.44. The zero-order valence-electron chi connectivity index (χ0n) is 16.0. The molecule has 0 fully saturated rings. The predicted molar refractivity (Wildman–Crippen MR) is 113 cm³/mol. The second-order valence-electron chi connectivity index (χ2n) is 6.79. The van der Waals surface area contributed by atoms with Gasteiger partial charge in [-0.05, 0) is 41.0 Å². The van der Waals surface area contributed by atoms with E-state index in [1.165, 1.54) is 10.9 Å². The maximum absolute atomic E-state index is 12.8. The van der Waals surface area contributed by atoms with Crippen LogP contribution in [0.2, 0.25) is 0 Å². The fourth-order valence-corrected chi connectivity index (χ4v) is 3.25. The van der Waals surface area contributed by atoms with Crippen LogP contribution in [0.1, 0.15) is 5.56 Å². The molecule has 2 heterocycles. The third-order valence-electron chi connectivity index (χ3n) is 4.80. The van der Waals surface area contributed by atoms with Gasteiger partial charge in [-0.2, -0.15) is 5.10 Å². The van der Waals surface area contributed by atoms with Crippen molar-refractivity contribution >= 4 is 18.2 Å². The molecular weight excluding hydrogens is 411 g/mol. The van der Waals surface area contributed by atoms with Crippen molar-refractivity contribution in [2.45, 2.75) is 13.0 Å². The van der Waals surface area contributed by atoms with Gasteiger partial charge in [-0.15, -0.1) is 12.4 Å². The number of hydrogen-bond acceptors (Lipinski definition) is 5. The molecule has 1 aliphatic rings. The number of carbonyl (C=O) groups is 1. The molecule has 0 radical (unpaired) electrons. The maximum Gasteiger partial charge on any atom is 0.350 e. The third kappa shape index (κ3) is 4.19. The first-order valence-corrected chi connectivity index (χ1v) is 9.10. The summed E-state index contributed by atoms with van der Waals surface area (Å²) in [6.45, 7) is 0.116. The van der Waals surface area contributed by atoms with E-state index in [9.17, 15) is 14.0 Å². The number of fused-ring (bicyclic) bond motifs is 1. The van der Waals surface area contributed by atoms with E-state index in [0.717, 1.165) is 27.1 Å². The molecule has 0 atom stereocenters. The first kappa shape index (κ1) is 21.5. The van der Waals surface area contributed by atoms with Crippen LogP contribution in [0.15, 0.2) is 65.5 Å². The summed E-state index contributed by atoms with van der Waals surface area (Å²) >= 11 is 0. The molecule has 0 saturated carbocycles. The first-order chi connectivity index (χ1) is 14.1. The van der Waals surface area contributed by atoms with E-state index >= 15 is 0 Å². The van der Waals surface area contributed by atoms with Crippen molar-refractivity contribution < 1.29 is 13.9 Å². The lowest BCUT2D eigenvalue weighted by Crippen LogP contribution is -2.25. The van der Waals surface area contributed by atoms with Gasteiger partial charge in [-0.1, -0.05) is 18.2 Å². The molecule has 9 heteroatoms. The number of nitrogens with two attached hydrogens (primary N) is 1. The van der Waals surface area contributed by atoms with Gasteiger partial charge in [0.05, 0.1) is 18.6 Å². The van der Waals surface area contributed by atoms with Crippen LogP contribution in [0.25, 0.3) is 16.8 Å². The van der Waals surface area contributed by atoms with Crippen molar-refractivity contribution in [2.24, 2.45) is 5.73 Å². The minimum atomic E-state index is -0.389. The Morgan fingerprint density at radius 3 is 2.77 bits per heavy atom. The van der Waals surface area contributed by atoms with Crippen molar-refractivity contribution in [1.82, 2.24) is 14.3 Å². The van der Waals surface area contributed by atoms with E-state index in [-0.39, 0.29) is 49.1 Å². The molecule has 1 aliphatic heterocycles. The number of nitrogens with zero attached hydrogens (tertiary/aromatic N) is 3. The van der Waals surface area contributed by atoms with E-state index in [2.05, 4.69) is 5.10 Å². The molecule has 2 N–H and O–H groups in total. The Labute approximate surface area is 178 Å². The molecule has 0 amide bonds. The largest absolute Gasteiger partial charge is 0.486 e. The molecular formula is C21H20ClFN4O3. The molecule has 30 heavy (non-hydrogen) atoms. The van der Waals surface area contributed by atoms with Crippen molar-refractivity contribution in [3.8, 4) is 22.6 Å². The van der Waals surface area contributed by atoms with Crippen molar-refractivity contribution in [3.63, 3.8) is 0 Å². The number of benzene rings is 2. The molecule has 0 unspecified atom stereocenters. The smallest absolute Gasteiger partial charge is 0.350 e. The SMILES string of the molecule is Cl.NC/C(=C\F)Cn1ncn(-c2cccc(-c3ccc4c(c3)CC(=O)CO4)c2)c1=O. The molecule has 7 nitrogen and oxygen atoms in total. The van der Waals surface area contributed by atoms with Gasteiger partial charge < -0.3 is 10.5 Å². The molecule has 156 valence electrons. The number of carbonyl (C=O) groups excluding carboxylic acids is 1. The fraction of sp³-hybridized carbons (Fsp3) is 0.190. The molecule has 3 aromatic rings. The average molecular weight is 431 g/mol. The summed E-state index contributed by atoms with van der Waals surface area (Å²) < 4.78 is 20.8. The Balaban J connectivity index is 0.00000256. The molecule has 4 rings (SSSR count). The minimum Gasteiger partial charge on any atom is -0.486 e.